The Morgan fingerprint density at radius 2 is 1.67 bits per heavy atom. The third kappa shape index (κ3) is 5.33. The average molecular weight is 488 g/mol. The van der Waals surface area contributed by atoms with E-state index in [0.717, 1.165) is 36.4 Å². The molecule has 1 fully saturated rings. The van der Waals surface area contributed by atoms with Gasteiger partial charge in [0.2, 0.25) is 10.0 Å². The average Bonchev–Trinajstić information content (AvgIpc) is 3.30. The number of benzene rings is 2. The van der Waals surface area contributed by atoms with Crippen LogP contribution in [0.4, 0.5) is 10.1 Å². The molecule has 2 aromatic carbocycles. The van der Waals surface area contributed by atoms with Crippen molar-refractivity contribution in [3.05, 3.63) is 71.4 Å². The van der Waals surface area contributed by atoms with Gasteiger partial charge < -0.3 is 10.2 Å². The molecule has 174 valence electrons. The van der Waals surface area contributed by atoms with Crippen LogP contribution in [-0.2, 0) is 10.0 Å². The predicted octanol–water partition coefficient (Wildman–Crippen LogP) is 4.52. The van der Waals surface area contributed by atoms with Gasteiger partial charge in [-0.2, -0.15) is 4.31 Å². The fourth-order valence-electron chi connectivity index (χ4n) is 3.85. The van der Waals surface area contributed by atoms with Gasteiger partial charge in [0.15, 0.2) is 0 Å². The minimum absolute atomic E-state index is 0.0142. The van der Waals surface area contributed by atoms with E-state index in [1.807, 2.05) is 13.1 Å². The highest BCUT2D eigenvalue weighted by atomic mass is 32.2. The van der Waals surface area contributed by atoms with E-state index in [9.17, 15) is 17.6 Å². The number of nitrogens with zero attached hydrogens (tertiary/aromatic N) is 2. The van der Waals surface area contributed by atoms with Gasteiger partial charge in [-0.05, 0) is 87.1 Å². The second-order valence-corrected chi connectivity index (χ2v) is 11.3. The summed E-state index contributed by atoms with van der Waals surface area (Å²) in [6.07, 6.45) is 1.61. The van der Waals surface area contributed by atoms with Gasteiger partial charge in [0.25, 0.3) is 5.91 Å². The molecule has 1 N–H and O–H groups in total. The van der Waals surface area contributed by atoms with Gasteiger partial charge in [-0.1, -0.05) is 12.1 Å². The molecule has 3 aromatic rings. The number of rotatable bonds is 6. The van der Waals surface area contributed by atoms with Gasteiger partial charge >= 0.3 is 0 Å². The van der Waals surface area contributed by atoms with Gasteiger partial charge in [0.1, 0.15) is 5.82 Å². The Labute approximate surface area is 197 Å². The number of sulfonamides is 1. The van der Waals surface area contributed by atoms with E-state index in [2.05, 4.69) is 10.2 Å². The maximum atomic E-state index is 13.1. The smallest absolute Gasteiger partial charge is 0.265 e. The summed E-state index contributed by atoms with van der Waals surface area (Å²) in [6, 6.07) is 15.9. The van der Waals surface area contributed by atoms with E-state index in [-0.39, 0.29) is 22.7 Å². The summed E-state index contributed by atoms with van der Waals surface area (Å²) in [6.45, 7) is 1.75. The number of amides is 1. The van der Waals surface area contributed by atoms with Crippen molar-refractivity contribution in [3.63, 3.8) is 0 Å². The first-order valence-electron chi connectivity index (χ1n) is 10.7. The minimum Gasteiger partial charge on any atom is -0.321 e. The molecule has 0 aliphatic carbocycles. The largest absolute Gasteiger partial charge is 0.321 e. The van der Waals surface area contributed by atoms with Gasteiger partial charge in [0.05, 0.1) is 9.77 Å². The zero-order valence-electron chi connectivity index (χ0n) is 18.5. The molecule has 1 amide bonds. The first-order valence-corrected chi connectivity index (χ1v) is 12.9. The fraction of sp³-hybridized carbons (Fsp3) is 0.292. The van der Waals surface area contributed by atoms with E-state index in [1.54, 1.807) is 37.4 Å². The number of carbonyl (C=O) groups is 1. The number of carbonyl (C=O) groups excluding carboxylic acids is 1. The van der Waals surface area contributed by atoms with Crippen molar-refractivity contribution in [2.45, 2.75) is 23.8 Å². The predicted molar refractivity (Wildman–Crippen MR) is 130 cm³/mol. The van der Waals surface area contributed by atoms with E-state index < -0.39 is 10.0 Å². The van der Waals surface area contributed by atoms with Crippen LogP contribution in [0.1, 0.15) is 22.5 Å². The van der Waals surface area contributed by atoms with E-state index in [0.29, 0.717) is 10.6 Å². The summed E-state index contributed by atoms with van der Waals surface area (Å²) in [5.41, 5.74) is 1.35. The van der Waals surface area contributed by atoms with E-state index in [4.69, 9.17) is 0 Å². The van der Waals surface area contributed by atoms with Crippen LogP contribution in [-0.4, -0.2) is 56.8 Å². The first kappa shape index (κ1) is 23.6. The third-order valence-corrected chi connectivity index (χ3v) is 9.01. The van der Waals surface area contributed by atoms with Crippen LogP contribution in [0.3, 0.4) is 0 Å². The molecule has 0 atom stereocenters. The van der Waals surface area contributed by atoms with Crippen molar-refractivity contribution >= 4 is 33.0 Å². The molecule has 4 rings (SSSR count). The Balaban J connectivity index is 1.42. The fourth-order valence-corrected chi connectivity index (χ4v) is 6.18. The maximum Gasteiger partial charge on any atom is 0.265 e. The highest BCUT2D eigenvalue weighted by Crippen LogP contribution is 2.29. The van der Waals surface area contributed by atoms with E-state index >= 15 is 0 Å². The lowest BCUT2D eigenvalue weighted by molar-refractivity contribution is 0.103. The van der Waals surface area contributed by atoms with E-state index in [1.165, 1.54) is 39.9 Å². The lowest BCUT2D eigenvalue weighted by Crippen LogP contribution is -2.44. The summed E-state index contributed by atoms with van der Waals surface area (Å²) in [7, 11) is 0.0682. The highest BCUT2D eigenvalue weighted by molar-refractivity contribution is 7.89. The summed E-state index contributed by atoms with van der Waals surface area (Å²) < 4.78 is 40.7. The number of nitrogens with one attached hydrogen (secondary N) is 1. The lowest BCUT2D eigenvalue weighted by atomic mass is 10.1. The van der Waals surface area contributed by atoms with Crippen molar-refractivity contribution in [1.82, 2.24) is 9.21 Å². The second-order valence-electron chi connectivity index (χ2n) is 8.20. The van der Waals surface area contributed by atoms with Crippen molar-refractivity contribution < 1.29 is 17.6 Å². The van der Waals surface area contributed by atoms with Gasteiger partial charge in [-0.3, -0.25) is 4.79 Å². The zero-order valence-corrected chi connectivity index (χ0v) is 20.1. The molecule has 0 spiro atoms. The normalized spacial score (nSPS) is 15.6. The van der Waals surface area contributed by atoms with Crippen LogP contribution in [0.5, 0.6) is 0 Å². The molecule has 1 aliphatic heterocycles. The van der Waals surface area contributed by atoms with Crippen molar-refractivity contribution in [1.29, 1.82) is 0 Å². The van der Waals surface area contributed by atoms with Crippen LogP contribution in [0, 0.1) is 5.82 Å². The van der Waals surface area contributed by atoms with Crippen LogP contribution in [0.25, 0.3) is 10.4 Å². The molecule has 0 bridgehead atoms. The number of hydrogen-bond acceptors (Lipinski definition) is 5. The quantitative estimate of drug-likeness (QED) is 0.555. The molecule has 0 saturated carbocycles. The van der Waals surface area contributed by atoms with Gasteiger partial charge in [-0.15, -0.1) is 11.3 Å². The zero-order chi connectivity index (χ0) is 23.6. The first-order chi connectivity index (χ1) is 15.7. The summed E-state index contributed by atoms with van der Waals surface area (Å²) >= 11 is 1.31. The topological polar surface area (TPSA) is 69.7 Å². The summed E-state index contributed by atoms with van der Waals surface area (Å²) in [5.74, 6) is -0.594. The molecule has 1 aromatic heterocycles. The molecule has 6 nitrogen and oxygen atoms in total. The molecule has 33 heavy (non-hydrogen) atoms. The van der Waals surface area contributed by atoms with Crippen LogP contribution < -0.4 is 5.32 Å². The van der Waals surface area contributed by atoms with Gasteiger partial charge in [0, 0.05) is 23.7 Å². The Bertz CT molecular complexity index is 1220. The maximum absolute atomic E-state index is 13.1. The highest BCUT2D eigenvalue weighted by Gasteiger charge is 2.30. The third-order valence-electron chi connectivity index (χ3n) is 5.95. The molecule has 0 radical (unpaired) electrons. The summed E-state index contributed by atoms with van der Waals surface area (Å²) in [5, 5.41) is 2.81. The van der Waals surface area contributed by atoms with Crippen LogP contribution in [0.15, 0.2) is 65.6 Å². The number of piperidine rings is 1. The number of halogens is 1. The molecule has 9 heteroatoms. The number of hydrogen-bond donors (Lipinski definition) is 1. The number of thiophene rings is 1. The Kier molecular flexibility index (Phi) is 6.94. The molecule has 1 aliphatic rings. The second kappa shape index (κ2) is 9.72. The Morgan fingerprint density at radius 1 is 1.03 bits per heavy atom. The van der Waals surface area contributed by atoms with Crippen LogP contribution >= 0.6 is 11.3 Å². The van der Waals surface area contributed by atoms with Crippen molar-refractivity contribution in [2.24, 2.45) is 0 Å². The SMILES string of the molecule is CN1CCC(N(C)S(=O)(=O)c2ccc(NC(=O)c3ccc(-c4ccc(F)cc4)s3)cc2)CC1. The minimum atomic E-state index is -3.61. The standard InChI is InChI=1S/C24H26FN3O3S2/c1-27-15-13-20(14-16-27)28(2)33(30,31)21-9-7-19(8-10-21)26-24(29)23-12-11-22(32-23)17-3-5-18(25)6-4-17/h3-12,20H,13-16H2,1-2H3,(H,26,29). The Morgan fingerprint density at radius 3 is 2.30 bits per heavy atom. The van der Waals surface area contributed by atoms with Crippen molar-refractivity contribution in [3.8, 4) is 10.4 Å². The monoisotopic (exact) mass is 487 g/mol. The van der Waals surface area contributed by atoms with Crippen molar-refractivity contribution in [2.75, 3.05) is 32.5 Å². The summed E-state index contributed by atoms with van der Waals surface area (Å²) in [4.78, 5) is 16.4. The van der Waals surface area contributed by atoms with Gasteiger partial charge in [-0.25, -0.2) is 12.8 Å². The number of likely N-dealkylation sites (tertiary alicyclic amines) is 1. The molecule has 2 heterocycles. The molecular formula is C24H26FN3O3S2. The number of anilines is 1. The van der Waals surface area contributed by atoms with Crippen LogP contribution in [0.2, 0.25) is 0 Å². The molecular weight excluding hydrogens is 461 g/mol. The lowest BCUT2D eigenvalue weighted by Gasteiger charge is -2.34. The molecule has 1 saturated heterocycles. The molecule has 0 unspecified atom stereocenters. The Hall–Kier alpha value is -2.59.